The number of hydrogen-bond acceptors (Lipinski definition) is 2. The first-order valence-electron chi connectivity index (χ1n) is 10.1. The molecular formula is C23H28I2O2. The van der Waals surface area contributed by atoms with Gasteiger partial charge in [0, 0.05) is 7.14 Å². The summed E-state index contributed by atoms with van der Waals surface area (Å²) in [5.41, 5.74) is 2.51. The first kappa shape index (κ1) is 21.2. The molecule has 3 aliphatic rings. The predicted octanol–water partition coefficient (Wildman–Crippen LogP) is 7.84. The fourth-order valence-electron chi connectivity index (χ4n) is 3.43. The molecule has 0 radical (unpaired) electrons. The van der Waals surface area contributed by atoms with E-state index in [-0.39, 0.29) is 0 Å². The Hall–Kier alpha value is -0.500. The third-order valence-corrected chi connectivity index (χ3v) is 6.78. The number of halogens is 2. The van der Waals surface area contributed by atoms with Gasteiger partial charge in [-0.1, -0.05) is 44.9 Å². The minimum absolute atomic E-state index is 0.818. The van der Waals surface area contributed by atoms with Crippen LogP contribution in [0.3, 0.4) is 0 Å². The maximum Gasteiger partial charge on any atom is 0.120 e. The maximum atomic E-state index is 5.97. The van der Waals surface area contributed by atoms with Crippen LogP contribution in [0.5, 0.6) is 11.5 Å². The van der Waals surface area contributed by atoms with E-state index in [2.05, 4.69) is 81.6 Å². The summed E-state index contributed by atoms with van der Waals surface area (Å²) in [7, 11) is 0. The van der Waals surface area contributed by atoms with Gasteiger partial charge in [-0.2, -0.15) is 0 Å². The largest absolute Gasteiger partial charge is 0.494 e. The van der Waals surface area contributed by atoms with Gasteiger partial charge in [-0.25, -0.2) is 0 Å². The molecule has 4 heteroatoms. The van der Waals surface area contributed by atoms with Crippen LogP contribution in [0.4, 0.5) is 0 Å². The van der Waals surface area contributed by atoms with Gasteiger partial charge in [0.25, 0.3) is 0 Å². The summed E-state index contributed by atoms with van der Waals surface area (Å²) in [6, 6.07) is 12.9. The van der Waals surface area contributed by atoms with Crippen molar-refractivity contribution in [3.63, 3.8) is 0 Å². The highest BCUT2D eigenvalue weighted by Gasteiger charge is 2.10. The van der Waals surface area contributed by atoms with Crippen LogP contribution in [-0.2, 0) is 0 Å². The van der Waals surface area contributed by atoms with Crippen LogP contribution >= 0.6 is 45.2 Å². The standard InChI is InChI=1S/C23H28I2O2/c24-22-16-18-10-12-20(22)21-13-11-19(17-23(21)25)27-15-9-7-5-3-1-2-4-6-8-14-26-18/h10-13,16-17H,1-9,14-15H2. The van der Waals surface area contributed by atoms with Gasteiger partial charge >= 0.3 is 0 Å². The SMILES string of the molecule is Ic1cc2ccc1-c1ccc(cc1I)OCCCCCCCCCCCO2. The molecule has 2 aromatic carbocycles. The lowest BCUT2D eigenvalue weighted by molar-refractivity contribution is 0.302. The highest BCUT2D eigenvalue weighted by Crippen LogP contribution is 2.33. The lowest BCUT2D eigenvalue weighted by atomic mass is 10.1. The summed E-state index contributed by atoms with van der Waals surface area (Å²) in [5, 5.41) is 0. The summed E-state index contributed by atoms with van der Waals surface area (Å²) in [6.07, 6.45) is 11.6. The molecule has 27 heavy (non-hydrogen) atoms. The lowest BCUT2D eigenvalue weighted by Gasteiger charge is -2.12. The summed E-state index contributed by atoms with van der Waals surface area (Å²) in [6.45, 7) is 1.64. The Morgan fingerprint density at radius 1 is 0.519 bits per heavy atom. The second-order valence-corrected chi connectivity index (χ2v) is 9.49. The van der Waals surface area contributed by atoms with Crippen molar-refractivity contribution in [3.8, 4) is 22.6 Å². The molecule has 0 spiro atoms. The number of ether oxygens (including phenoxy) is 2. The molecular weight excluding hydrogens is 562 g/mol. The highest BCUT2D eigenvalue weighted by molar-refractivity contribution is 14.1. The van der Waals surface area contributed by atoms with Crippen molar-refractivity contribution in [2.75, 3.05) is 13.2 Å². The Morgan fingerprint density at radius 3 is 1.26 bits per heavy atom. The smallest absolute Gasteiger partial charge is 0.120 e. The molecule has 4 bridgehead atoms. The van der Waals surface area contributed by atoms with Gasteiger partial charge in [-0.3, -0.25) is 0 Å². The third kappa shape index (κ3) is 6.80. The Labute approximate surface area is 190 Å². The van der Waals surface area contributed by atoms with E-state index in [4.69, 9.17) is 9.47 Å². The van der Waals surface area contributed by atoms with E-state index in [1.165, 1.54) is 63.2 Å². The van der Waals surface area contributed by atoms with E-state index < -0.39 is 0 Å². The molecule has 146 valence electrons. The minimum Gasteiger partial charge on any atom is -0.494 e. The molecule has 0 saturated heterocycles. The van der Waals surface area contributed by atoms with E-state index in [1.54, 1.807) is 0 Å². The second kappa shape index (κ2) is 11.5. The van der Waals surface area contributed by atoms with Crippen molar-refractivity contribution < 1.29 is 9.47 Å². The number of fused-ring (bicyclic) bond motifs is 2. The third-order valence-electron chi connectivity index (χ3n) is 5.00. The van der Waals surface area contributed by atoms with Crippen molar-refractivity contribution in [2.45, 2.75) is 57.8 Å². The number of hydrogen-bond donors (Lipinski definition) is 0. The average Bonchev–Trinajstić information content (AvgIpc) is 2.66. The van der Waals surface area contributed by atoms with Crippen LogP contribution in [0, 0.1) is 7.14 Å². The van der Waals surface area contributed by atoms with Gasteiger partial charge in [-0.05, 0) is 106 Å². The fraction of sp³-hybridized carbons (Fsp3) is 0.478. The van der Waals surface area contributed by atoms with Crippen LogP contribution in [0.1, 0.15) is 57.8 Å². The van der Waals surface area contributed by atoms with E-state index in [9.17, 15) is 0 Å². The average molecular weight is 590 g/mol. The molecule has 2 aromatic rings. The number of benzene rings is 2. The summed E-state index contributed by atoms with van der Waals surface area (Å²) < 4.78 is 14.4. The van der Waals surface area contributed by atoms with Gasteiger partial charge < -0.3 is 9.47 Å². The van der Waals surface area contributed by atoms with Crippen molar-refractivity contribution in [1.82, 2.24) is 0 Å². The van der Waals surface area contributed by atoms with Gasteiger partial charge in [0.05, 0.1) is 13.2 Å². The summed E-state index contributed by atoms with van der Waals surface area (Å²) in [5.74, 6) is 1.95. The van der Waals surface area contributed by atoms with Gasteiger partial charge in [0.1, 0.15) is 11.5 Å². The monoisotopic (exact) mass is 590 g/mol. The van der Waals surface area contributed by atoms with Gasteiger partial charge in [0.15, 0.2) is 0 Å². The van der Waals surface area contributed by atoms with Crippen LogP contribution in [0.15, 0.2) is 36.4 Å². The van der Waals surface area contributed by atoms with E-state index in [0.717, 1.165) is 37.6 Å². The maximum absolute atomic E-state index is 5.97. The molecule has 0 saturated carbocycles. The summed E-state index contributed by atoms with van der Waals surface area (Å²) >= 11 is 4.83. The Kier molecular flexibility index (Phi) is 9.03. The van der Waals surface area contributed by atoms with Crippen molar-refractivity contribution >= 4 is 45.2 Å². The zero-order valence-electron chi connectivity index (χ0n) is 15.8. The molecule has 0 N–H and O–H groups in total. The molecule has 0 aromatic heterocycles. The van der Waals surface area contributed by atoms with E-state index >= 15 is 0 Å². The fourth-order valence-corrected chi connectivity index (χ4v) is 4.98. The molecule has 3 heterocycles. The quantitative estimate of drug-likeness (QED) is 0.291. The highest BCUT2D eigenvalue weighted by atomic mass is 127. The van der Waals surface area contributed by atoms with Crippen LogP contribution in [0.2, 0.25) is 0 Å². The zero-order chi connectivity index (χ0) is 18.9. The molecule has 5 rings (SSSR count). The molecule has 0 amide bonds. The first-order valence-corrected chi connectivity index (χ1v) is 12.2. The zero-order valence-corrected chi connectivity index (χ0v) is 20.1. The van der Waals surface area contributed by atoms with Crippen LogP contribution in [0.25, 0.3) is 11.1 Å². The van der Waals surface area contributed by atoms with Crippen molar-refractivity contribution in [1.29, 1.82) is 0 Å². The first-order chi connectivity index (χ1) is 13.2. The predicted molar refractivity (Wildman–Crippen MR) is 130 cm³/mol. The Morgan fingerprint density at radius 2 is 0.889 bits per heavy atom. The molecule has 0 atom stereocenters. The van der Waals surface area contributed by atoms with Gasteiger partial charge in [-0.15, -0.1) is 0 Å². The van der Waals surface area contributed by atoms with Crippen molar-refractivity contribution in [3.05, 3.63) is 43.5 Å². The van der Waals surface area contributed by atoms with E-state index in [1.807, 2.05) is 0 Å². The minimum atomic E-state index is 0.818. The molecule has 0 fully saturated rings. The molecule has 0 unspecified atom stereocenters. The van der Waals surface area contributed by atoms with Crippen LogP contribution in [-0.4, -0.2) is 13.2 Å². The Balaban J connectivity index is 1.74. The van der Waals surface area contributed by atoms with Gasteiger partial charge in [0.2, 0.25) is 0 Å². The topological polar surface area (TPSA) is 18.5 Å². The lowest BCUT2D eigenvalue weighted by Crippen LogP contribution is -1.99. The van der Waals surface area contributed by atoms with Crippen molar-refractivity contribution in [2.24, 2.45) is 0 Å². The Bertz CT molecular complexity index is 669. The van der Waals surface area contributed by atoms with E-state index in [0.29, 0.717) is 0 Å². The molecule has 0 aliphatic carbocycles. The molecule has 2 nitrogen and oxygen atoms in total. The molecule has 3 aliphatic heterocycles. The normalized spacial score (nSPS) is 17.0. The van der Waals surface area contributed by atoms with Crippen LogP contribution < -0.4 is 9.47 Å². The number of rotatable bonds is 0. The summed E-state index contributed by atoms with van der Waals surface area (Å²) in [4.78, 5) is 0. The second-order valence-electron chi connectivity index (χ2n) is 7.16.